The molecule has 0 unspecified atom stereocenters. The van der Waals surface area contributed by atoms with Gasteiger partial charge < -0.3 is 15.1 Å². The highest BCUT2D eigenvalue weighted by Crippen LogP contribution is 2.33. The Balaban J connectivity index is 1.69. The highest BCUT2D eigenvalue weighted by molar-refractivity contribution is 5.90. The summed E-state index contributed by atoms with van der Waals surface area (Å²) in [6.45, 7) is 1.99. The molecule has 2 heterocycles. The van der Waals surface area contributed by atoms with Crippen LogP contribution in [0.15, 0.2) is 23.2 Å². The predicted molar refractivity (Wildman–Crippen MR) is 85.0 cm³/mol. The molecule has 9 heteroatoms. The molecule has 0 aromatic heterocycles. The van der Waals surface area contributed by atoms with Gasteiger partial charge in [-0.25, -0.2) is 9.18 Å². The second-order valence-corrected chi connectivity index (χ2v) is 6.26. The fraction of sp³-hybridized carbons (Fsp3) is 0.500. The minimum absolute atomic E-state index is 0.00416. The van der Waals surface area contributed by atoms with Crippen molar-refractivity contribution in [1.29, 1.82) is 0 Å². The number of nitrogens with one attached hydrogen (secondary N) is 1. The van der Waals surface area contributed by atoms with E-state index in [1.807, 2.05) is 4.90 Å². The lowest BCUT2D eigenvalue weighted by atomic mass is 10.1. The monoisotopic (exact) mass is 358 g/mol. The summed E-state index contributed by atoms with van der Waals surface area (Å²) in [4.78, 5) is 20.0. The van der Waals surface area contributed by atoms with Gasteiger partial charge in [0.05, 0.1) is 23.6 Å². The van der Waals surface area contributed by atoms with Gasteiger partial charge in [0.2, 0.25) is 0 Å². The number of hydrogen-bond acceptors (Lipinski definition) is 2. The summed E-state index contributed by atoms with van der Waals surface area (Å²) in [5.74, 6) is -0.786. The third-order valence-corrected chi connectivity index (χ3v) is 4.65. The Morgan fingerprint density at radius 1 is 1.36 bits per heavy atom. The van der Waals surface area contributed by atoms with Crippen LogP contribution in [0, 0.1) is 11.7 Å². The van der Waals surface area contributed by atoms with E-state index in [4.69, 9.17) is 0 Å². The van der Waals surface area contributed by atoms with Crippen LogP contribution in [0.3, 0.4) is 0 Å². The lowest BCUT2D eigenvalue weighted by Crippen LogP contribution is -2.42. The maximum Gasteiger partial charge on any atom is 0.416 e. The fourth-order valence-corrected chi connectivity index (χ4v) is 3.48. The number of benzene rings is 1. The average molecular weight is 358 g/mol. The van der Waals surface area contributed by atoms with Crippen molar-refractivity contribution in [2.75, 3.05) is 32.0 Å². The van der Waals surface area contributed by atoms with E-state index in [-0.39, 0.29) is 11.7 Å². The Morgan fingerprint density at radius 3 is 2.76 bits per heavy atom. The molecular formula is C16H18F4N4O. The van der Waals surface area contributed by atoms with Gasteiger partial charge in [0.25, 0.3) is 0 Å². The van der Waals surface area contributed by atoms with Gasteiger partial charge in [0.15, 0.2) is 0 Å². The zero-order chi connectivity index (χ0) is 18.2. The predicted octanol–water partition coefficient (Wildman–Crippen LogP) is 3.04. The number of fused-ring (bicyclic) bond motifs is 1. The van der Waals surface area contributed by atoms with Gasteiger partial charge in [-0.2, -0.15) is 13.2 Å². The molecule has 25 heavy (non-hydrogen) atoms. The summed E-state index contributed by atoms with van der Waals surface area (Å²) in [6, 6.07) is 1.57. The third-order valence-electron chi connectivity index (χ3n) is 4.65. The number of aliphatic imine (C=N–C) groups is 1. The van der Waals surface area contributed by atoms with E-state index in [0.29, 0.717) is 25.1 Å². The zero-order valence-corrected chi connectivity index (χ0v) is 13.6. The van der Waals surface area contributed by atoms with Crippen molar-refractivity contribution in [3.8, 4) is 0 Å². The Hall–Kier alpha value is -2.32. The van der Waals surface area contributed by atoms with Crippen LogP contribution in [0.4, 0.5) is 28.0 Å². The van der Waals surface area contributed by atoms with E-state index in [1.54, 1.807) is 18.3 Å². The molecule has 1 N–H and O–H groups in total. The second kappa shape index (κ2) is 6.53. The van der Waals surface area contributed by atoms with Gasteiger partial charge in [0, 0.05) is 32.6 Å². The van der Waals surface area contributed by atoms with Crippen molar-refractivity contribution >= 4 is 18.1 Å². The molecule has 0 spiro atoms. The van der Waals surface area contributed by atoms with Crippen molar-refractivity contribution in [3.05, 3.63) is 29.6 Å². The molecule has 2 saturated heterocycles. The van der Waals surface area contributed by atoms with Gasteiger partial charge in [-0.3, -0.25) is 4.99 Å². The number of rotatable bonds is 2. The molecular weight excluding hydrogens is 340 g/mol. The van der Waals surface area contributed by atoms with Gasteiger partial charge in [0.1, 0.15) is 5.82 Å². The van der Waals surface area contributed by atoms with Crippen LogP contribution in [-0.4, -0.2) is 54.9 Å². The van der Waals surface area contributed by atoms with Gasteiger partial charge in [-0.1, -0.05) is 0 Å². The highest BCUT2D eigenvalue weighted by atomic mass is 19.4. The van der Waals surface area contributed by atoms with E-state index in [1.165, 1.54) is 0 Å². The first kappa shape index (κ1) is 17.5. The summed E-state index contributed by atoms with van der Waals surface area (Å²) in [7, 11) is 1.67. The smallest absolute Gasteiger partial charge is 0.361 e. The number of halogens is 4. The molecule has 0 radical (unpaired) electrons. The molecule has 5 nitrogen and oxygen atoms in total. The Labute approximate surface area is 142 Å². The van der Waals surface area contributed by atoms with Crippen molar-refractivity contribution in [1.82, 2.24) is 9.80 Å². The van der Waals surface area contributed by atoms with Gasteiger partial charge >= 0.3 is 12.2 Å². The number of nitrogens with zero attached hydrogens (tertiary/aromatic N) is 3. The minimum atomic E-state index is -4.63. The normalized spacial score (nSPS) is 23.4. The zero-order valence-electron chi connectivity index (χ0n) is 13.6. The number of alkyl halides is 3. The van der Waals surface area contributed by atoms with E-state index in [2.05, 4.69) is 10.3 Å². The summed E-state index contributed by atoms with van der Waals surface area (Å²) in [5.41, 5.74) is -1.35. The molecule has 2 amide bonds. The quantitative estimate of drug-likeness (QED) is 0.502. The molecule has 136 valence electrons. The number of carbonyl (C=O) groups is 1. The second-order valence-electron chi connectivity index (χ2n) is 6.26. The van der Waals surface area contributed by atoms with E-state index in [0.717, 1.165) is 25.1 Å². The Morgan fingerprint density at radius 2 is 2.12 bits per heavy atom. The van der Waals surface area contributed by atoms with Crippen LogP contribution in [0.5, 0.6) is 0 Å². The first-order valence-corrected chi connectivity index (χ1v) is 7.90. The standard InChI is InChI=1S/C16H18F4N4O/c1-21-9-23-7-10-4-5-24(14(10)8-23)15(25)22-13-3-2-11(6-12(13)17)16(18,19)20/h2-3,6,9-10,14H,4-5,7-8H2,1H3,(H,22,25)/b21-9-/t10-,14+/m1/s1. The summed E-state index contributed by atoms with van der Waals surface area (Å²) in [6.07, 6.45) is -2.06. The minimum Gasteiger partial charge on any atom is -0.361 e. The van der Waals surface area contributed by atoms with Crippen molar-refractivity contribution in [3.63, 3.8) is 0 Å². The van der Waals surface area contributed by atoms with Crippen LogP contribution in [0.25, 0.3) is 0 Å². The average Bonchev–Trinajstić information content (AvgIpc) is 3.08. The molecule has 2 aliphatic heterocycles. The molecule has 2 aliphatic rings. The Kier molecular flexibility index (Phi) is 4.57. The van der Waals surface area contributed by atoms with Crippen molar-refractivity contribution < 1.29 is 22.4 Å². The number of amides is 2. The first-order valence-electron chi connectivity index (χ1n) is 7.90. The topological polar surface area (TPSA) is 47.9 Å². The number of carbonyl (C=O) groups excluding carboxylic acids is 1. The number of likely N-dealkylation sites (tertiary alicyclic amines) is 2. The highest BCUT2D eigenvalue weighted by Gasteiger charge is 2.43. The number of urea groups is 1. The van der Waals surface area contributed by atoms with Crippen LogP contribution < -0.4 is 5.32 Å². The molecule has 1 aromatic carbocycles. The van der Waals surface area contributed by atoms with Crippen LogP contribution >= 0.6 is 0 Å². The SMILES string of the molecule is C/N=C\N1C[C@H]2CCN(C(=O)Nc3ccc(C(F)(F)F)cc3F)[C@H]2C1. The van der Waals surface area contributed by atoms with E-state index < -0.39 is 23.6 Å². The lowest BCUT2D eigenvalue weighted by molar-refractivity contribution is -0.137. The molecule has 3 rings (SSSR count). The molecule has 0 aliphatic carbocycles. The van der Waals surface area contributed by atoms with Crippen molar-refractivity contribution in [2.24, 2.45) is 10.9 Å². The number of hydrogen-bond donors (Lipinski definition) is 1. The largest absolute Gasteiger partial charge is 0.416 e. The van der Waals surface area contributed by atoms with Crippen LogP contribution in [-0.2, 0) is 6.18 Å². The first-order chi connectivity index (χ1) is 11.8. The lowest BCUT2D eigenvalue weighted by Gasteiger charge is -2.25. The molecule has 0 bridgehead atoms. The summed E-state index contributed by atoms with van der Waals surface area (Å²) in [5, 5.41) is 2.38. The maximum absolute atomic E-state index is 13.9. The van der Waals surface area contributed by atoms with E-state index >= 15 is 0 Å². The molecule has 0 saturated carbocycles. The van der Waals surface area contributed by atoms with Gasteiger partial charge in [-0.05, 0) is 24.6 Å². The number of anilines is 1. The third kappa shape index (κ3) is 3.54. The molecule has 2 atom stereocenters. The van der Waals surface area contributed by atoms with Gasteiger partial charge in [-0.15, -0.1) is 0 Å². The molecule has 2 fully saturated rings. The van der Waals surface area contributed by atoms with Crippen LogP contribution in [0.2, 0.25) is 0 Å². The summed E-state index contributed by atoms with van der Waals surface area (Å²) >= 11 is 0. The summed E-state index contributed by atoms with van der Waals surface area (Å²) < 4.78 is 51.6. The fourth-order valence-electron chi connectivity index (χ4n) is 3.48. The Bertz CT molecular complexity index is 691. The van der Waals surface area contributed by atoms with Crippen molar-refractivity contribution in [2.45, 2.75) is 18.6 Å². The van der Waals surface area contributed by atoms with Crippen LogP contribution in [0.1, 0.15) is 12.0 Å². The van der Waals surface area contributed by atoms with E-state index in [9.17, 15) is 22.4 Å². The molecule has 1 aromatic rings. The maximum atomic E-state index is 13.9.